The van der Waals surface area contributed by atoms with E-state index in [1.54, 1.807) is 0 Å². The standard InChI is InChI=1S/C54H88N2/c1-4-7-10-12-14-16-18-20-22-24-26-28-30-32-34-36-42-50-44-38-40-47-53(50)55-49-52(46-9-6-3)56-54-48-41-39-45-51(54)43-37-35-33-31-29-27-25-23-21-19-17-15-13-11-8-5-2/h30-33,38-41,44-45,47-49H,4-29,34-37,42-43,46H2,1-3H3/b32-30+,33-31+,55-49?,56-52?. The van der Waals surface area contributed by atoms with E-state index >= 15 is 0 Å². The number of para-hydroxylation sites is 2. The Kier molecular flexibility index (Phi) is 33.4. The van der Waals surface area contributed by atoms with Crippen molar-refractivity contribution in [2.45, 2.75) is 233 Å². The number of rotatable bonds is 38. The third-order valence-electron chi connectivity index (χ3n) is 11.3. The lowest BCUT2D eigenvalue weighted by molar-refractivity contribution is 0.550. The van der Waals surface area contributed by atoms with Crippen LogP contribution in [0.5, 0.6) is 0 Å². The predicted octanol–water partition coefficient (Wildman–Crippen LogP) is 18.5. The molecule has 2 aromatic rings. The highest BCUT2D eigenvalue weighted by atomic mass is 14.8. The summed E-state index contributed by atoms with van der Waals surface area (Å²) in [5.41, 5.74) is 5.99. The summed E-state index contributed by atoms with van der Waals surface area (Å²) in [5, 5.41) is 0. The first kappa shape index (κ1) is 49.4. The quantitative estimate of drug-likeness (QED) is 0.0370. The Morgan fingerprint density at radius 3 is 1.20 bits per heavy atom. The summed E-state index contributed by atoms with van der Waals surface area (Å²) >= 11 is 0. The molecule has 0 radical (unpaired) electrons. The maximum atomic E-state index is 5.22. The van der Waals surface area contributed by atoms with E-state index in [1.165, 1.54) is 178 Å². The van der Waals surface area contributed by atoms with Crippen molar-refractivity contribution >= 4 is 23.3 Å². The third-order valence-corrected chi connectivity index (χ3v) is 11.3. The second kappa shape index (κ2) is 37.8. The molecule has 56 heavy (non-hydrogen) atoms. The zero-order valence-corrected chi connectivity index (χ0v) is 37.2. The molecule has 2 aromatic carbocycles. The van der Waals surface area contributed by atoms with Crippen LogP contribution >= 0.6 is 0 Å². The van der Waals surface area contributed by atoms with Gasteiger partial charge in [0.1, 0.15) is 0 Å². The molecule has 0 aliphatic rings. The number of hydrogen-bond donors (Lipinski definition) is 0. The molecule has 0 aromatic heterocycles. The van der Waals surface area contributed by atoms with Crippen molar-refractivity contribution in [2.24, 2.45) is 9.98 Å². The lowest BCUT2D eigenvalue weighted by Gasteiger charge is -2.08. The molecule has 0 spiro atoms. The minimum atomic E-state index is 0.961. The molecule has 2 rings (SSSR count). The van der Waals surface area contributed by atoms with Crippen molar-refractivity contribution in [3.05, 3.63) is 84.0 Å². The van der Waals surface area contributed by atoms with Crippen LogP contribution in [0.1, 0.15) is 231 Å². The van der Waals surface area contributed by atoms with Crippen LogP contribution in [0.25, 0.3) is 0 Å². The average Bonchev–Trinajstić information content (AvgIpc) is 3.22. The van der Waals surface area contributed by atoms with Crippen LogP contribution in [-0.4, -0.2) is 11.9 Å². The molecule has 0 atom stereocenters. The molecule has 0 unspecified atom stereocenters. The minimum Gasteiger partial charge on any atom is -0.255 e. The first-order chi connectivity index (χ1) is 27.8. The second-order valence-corrected chi connectivity index (χ2v) is 16.6. The van der Waals surface area contributed by atoms with Crippen molar-refractivity contribution in [3.63, 3.8) is 0 Å². The molecule has 0 bridgehead atoms. The molecule has 0 N–H and O–H groups in total. The Morgan fingerprint density at radius 2 is 0.750 bits per heavy atom. The van der Waals surface area contributed by atoms with Crippen molar-refractivity contribution < 1.29 is 0 Å². The van der Waals surface area contributed by atoms with Crippen LogP contribution in [0.2, 0.25) is 0 Å². The van der Waals surface area contributed by atoms with E-state index in [9.17, 15) is 0 Å². The van der Waals surface area contributed by atoms with E-state index in [1.807, 2.05) is 0 Å². The Balaban J connectivity index is 1.72. The topological polar surface area (TPSA) is 24.7 Å². The van der Waals surface area contributed by atoms with Crippen LogP contribution in [0, 0.1) is 0 Å². The van der Waals surface area contributed by atoms with E-state index < -0.39 is 0 Å². The van der Waals surface area contributed by atoms with Gasteiger partial charge in [0, 0.05) is 6.21 Å². The molecular formula is C54H88N2. The number of aryl methyl sites for hydroxylation is 2. The molecule has 0 aliphatic carbocycles. The van der Waals surface area contributed by atoms with E-state index in [0.29, 0.717) is 0 Å². The van der Waals surface area contributed by atoms with Crippen LogP contribution in [-0.2, 0) is 12.8 Å². The van der Waals surface area contributed by atoms with Gasteiger partial charge in [0.05, 0.1) is 17.1 Å². The van der Waals surface area contributed by atoms with Crippen LogP contribution < -0.4 is 0 Å². The highest BCUT2D eigenvalue weighted by Crippen LogP contribution is 2.24. The highest BCUT2D eigenvalue weighted by molar-refractivity contribution is 6.31. The first-order valence-corrected chi connectivity index (χ1v) is 24.4. The number of benzene rings is 2. The monoisotopic (exact) mass is 765 g/mol. The van der Waals surface area contributed by atoms with Crippen molar-refractivity contribution in [1.82, 2.24) is 0 Å². The van der Waals surface area contributed by atoms with E-state index in [-0.39, 0.29) is 0 Å². The fraction of sp³-hybridized carbons (Fsp3) is 0.667. The SMILES string of the molecule is CCCCCCCCCCCCC/C=C/CCCc1ccccc1N=CC(CCCC)=Nc1ccccc1CCC/C=C/CCCCCCCCCCCCC. The van der Waals surface area contributed by atoms with Crippen LogP contribution in [0.15, 0.2) is 82.8 Å². The number of aliphatic imine (C=N–C) groups is 2. The summed E-state index contributed by atoms with van der Waals surface area (Å²) in [4.78, 5) is 10.3. The molecule has 314 valence electrons. The van der Waals surface area contributed by atoms with Crippen LogP contribution in [0.3, 0.4) is 0 Å². The lowest BCUT2D eigenvalue weighted by Crippen LogP contribution is -2.00. The third kappa shape index (κ3) is 27.8. The van der Waals surface area contributed by atoms with Gasteiger partial charge in [-0.05, 0) is 100 Å². The van der Waals surface area contributed by atoms with Gasteiger partial charge in [-0.3, -0.25) is 9.98 Å². The number of nitrogens with zero attached hydrogens (tertiary/aromatic N) is 2. The fourth-order valence-electron chi connectivity index (χ4n) is 7.63. The molecule has 0 saturated heterocycles. The van der Waals surface area contributed by atoms with E-state index in [2.05, 4.69) is 99.8 Å². The molecule has 2 heteroatoms. The maximum absolute atomic E-state index is 5.22. The maximum Gasteiger partial charge on any atom is 0.0665 e. The van der Waals surface area contributed by atoms with Gasteiger partial charge in [0.2, 0.25) is 0 Å². The van der Waals surface area contributed by atoms with Crippen LogP contribution in [0.4, 0.5) is 11.4 Å². The Hall–Kier alpha value is -2.74. The molecule has 0 heterocycles. The van der Waals surface area contributed by atoms with Crippen molar-refractivity contribution in [2.75, 3.05) is 0 Å². The molecule has 0 amide bonds. The number of allylic oxidation sites excluding steroid dienone is 4. The zero-order chi connectivity index (χ0) is 39.8. The first-order valence-electron chi connectivity index (χ1n) is 24.4. The molecule has 2 nitrogen and oxygen atoms in total. The number of unbranched alkanes of at least 4 members (excludes halogenated alkanes) is 25. The smallest absolute Gasteiger partial charge is 0.0665 e. The zero-order valence-electron chi connectivity index (χ0n) is 37.2. The van der Waals surface area contributed by atoms with E-state index in [0.717, 1.165) is 62.0 Å². The Morgan fingerprint density at radius 1 is 0.393 bits per heavy atom. The summed E-state index contributed by atoms with van der Waals surface area (Å²) in [6.45, 7) is 6.86. The summed E-state index contributed by atoms with van der Waals surface area (Å²) in [6, 6.07) is 17.5. The largest absolute Gasteiger partial charge is 0.255 e. The Labute approximate surface area is 348 Å². The van der Waals surface area contributed by atoms with Gasteiger partial charge in [0.25, 0.3) is 0 Å². The molecule has 0 saturated carbocycles. The Bertz CT molecular complexity index is 1280. The lowest BCUT2D eigenvalue weighted by atomic mass is 10.0. The highest BCUT2D eigenvalue weighted by Gasteiger charge is 2.05. The number of hydrogen-bond acceptors (Lipinski definition) is 2. The summed E-state index contributed by atoms with van der Waals surface area (Å²) in [6.07, 6.45) is 55.3. The van der Waals surface area contributed by atoms with Gasteiger partial charge < -0.3 is 0 Å². The average molecular weight is 765 g/mol. The molecule has 0 aliphatic heterocycles. The molecule has 0 fully saturated rings. The van der Waals surface area contributed by atoms with Gasteiger partial charge in [0.15, 0.2) is 0 Å². The van der Waals surface area contributed by atoms with Gasteiger partial charge in [-0.25, -0.2) is 0 Å². The normalized spacial score (nSPS) is 12.3. The molecular weight excluding hydrogens is 677 g/mol. The van der Waals surface area contributed by atoms with E-state index in [4.69, 9.17) is 9.98 Å². The van der Waals surface area contributed by atoms with Crippen molar-refractivity contribution in [1.29, 1.82) is 0 Å². The van der Waals surface area contributed by atoms with Gasteiger partial charge >= 0.3 is 0 Å². The fourth-order valence-corrected chi connectivity index (χ4v) is 7.63. The summed E-state index contributed by atoms with van der Waals surface area (Å²) < 4.78 is 0. The summed E-state index contributed by atoms with van der Waals surface area (Å²) in [7, 11) is 0. The van der Waals surface area contributed by atoms with Crippen molar-refractivity contribution in [3.8, 4) is 0 Å². The van der Waals surface area contributed by atoms with Gasteiger partial charge in [-0.2, -0.15) is 0 Å². The minimum absolute atomic E-state index is 0.961. The predicted molar refractivity (Wildman–Crippen MR) is 254 cm³/mol. The van der Waals surface area contributed by atoms with Gasteiger partial charge in [-0.15, -0.1) is 0 Å². The summed E-state index contributed by atoms with van der Waals surface area (Å²) in [5.74, 6) is 0. The van der Waals surface area contributed by atoms with Gasteiger partial charge in [-0.1, -0.05) is 216 Å². The second-order valence-electron chi connectivity index (χ2n) is 16.6.